The summed E-state index contributed by atoms with van der Waals surface area (Å²) in [4.78, 5) is 17.6. The van der Waals surface area contributed by atoms with Gasteiger partial charge in [0.25, 0.3) is 0 Å². The Hall–Kier alpha value is -2.60. The van der Waals surface area contributed by atoms with Gasteiger partial charge in [-0.15, -0.1) is 0 Å². The Bertz CT molecular complexity index is 1330. The molecule has 2 aliphatic carbocycles. The maximum Gasteiger partial charge on any atom is 0.392 e. The smallest absolute Gasteiger partial charge is 0.392 e. The van der Waals surface area contributed by atoms with E-state index in [0.29, 0.717) is 11.4 Å². The van der Waals surface area contributed by atoms with Crippen LogP contribution < -0.4 is 4.74 Å². The Balaban J connectivity index is 1.28. The predicted octanol–water partition coefficient (Wildman–Crippen LogP) is 5.37. The Labute approximate surface area is 223 Å². The number of aryl methyl sites for hydroxylation is 1. The SMILES string of the molecule is C[C@H]1[C@H](F)C[C@@H](C(=O)CCc2cc(OC[C@@H]3C[C@H]3C(F)(F)F)cc(C3CC3)n2)N1S(=O)(=O)c1ccc(F)cc1. The molecular weight excluding hydrogens is 543 g/mol. The van der Waals surface area contributed by atoms with Crippen LogP contribution in [0, 0.1) is 17.7 Å². The number of alkyl halides is 4. The Morgan fingerprint density at radius 1 is 1.13 bits per heavy atom. The molecule has 1 aliphatic heterocycles. The number of hydrogen-bond acceptors (Lipinski definition) is 5. The first kappa shape index (κ1) is 27.9. The van der Waals surface area contributed by atoms with Gasteiger partial charge in [-0.1, -0.05) is 0 Å². The molecule has 12 heteroatoms. The Kier molecular flexibility index (Phi) is 7.47. The number of benzene rings is 1. The lowest BCUT2D eigenvalue weighted by atomic mass is 10.0. The van der Waals surface area contributed by atoms with E-state index in [-0.39, 0.29) is 43.1 Å². The van der Waals surface area contributed by atoms with Gasteiger partial charge >= 0.3 is 6.18 Å². The molecule has 5 rings (SSSR count). The van der Waals surface area contributed by atoms with E-state index in [1.165, 1.54) is 6.92 Å². The van der Waals surface area contributed by atoms with Gasteiger partial charge in [0.05, 0.1) is 29.5 Å². The van der Waals surface area contributed by atoms with Crippen LogP contribution in [-0.2, 0) is 21.2 Å². The van der Waals surface area contributed by atoms with Crippen LogP contribution >= 0.6 is 0 Å². The van der Waals surface area contributed by atoms with Gasteiger partial charge in [-0.25, -0.2) is 17.2 Å². The molecule has 0 radical (unpaired) electrons. The highest BCUT2D eigenvalue weighted by Crippen LogP contribution is 2.50. The molecule has 1 aromatic carbocycles. The number of ketones is 1. The van der Waals surface area contributed by atoms with Gasteiger partial charge in [0.2, 0.25) is 10.0 Å². The zero-order chi connectivity index (χ0) is 28.1. The van der Waals surface area contributed by atoms with E-state index in [0.717, 1.165) is 47.1 Å². The van der Waals surface area contributed by atoms with Crippen molar-refractivity contribution < 1.29 is 39.9 Å². The molecule has 39 heavy (non-hydrogen) atoms. The van der Waals surface area contributed by atoms with E-state index in [9.17, 15) is 35.2 Å². The number of aromatic nitrogens is 1. The number of rotatable bonds is 10. The van der Waals surface area contributed by atoms with Crippen LogP contribution in [0.4, 0.5) is 22.0 Å². The Morgan fingerprint density at radius 3 is 2.44 bits per heavy atom. The third-order valence-corrected chi connectivity index (χ3v) is 9.75. The first-order chi connectivity index (χ1) is 18.3. The third kappa shape index (κ3) is 6.11. The summed E-state index contributed by atoms with van der Waals surface area (Å²) in [7, 11) is -4.27. The summed E-state index contributed by atoms with van der Waals surface area (Å²) in [5, 5.41) is 0. The maximum absolute atomic E-state index is 14.7. The summed E-state index contributed by atoms with van der Waals surface area (Å²) in [6.45, 7) is 1.33. The second-order valence-corrected chi connectivity index (χ2v) is 12.6. The average molecular weight is 573 g/mol. The lowest BCUT2D eigenvalue weighted by Gasteiger charge is -2.26. The van der Waals surface area contributed by atoms with E-state index < -0.39 is 57.9 Å². The number of sulfonamides is 1. The van der Waals surface area contributed by atoms with Crippen LogP contribution in [0.5, 0.6) is 5.75 Å². The van der Waals surface area contributed by atoms with E-state index in [4.69, 9.17) is 4.74 Å². The molecule has 0 bridgehead atoms. The van der Waals surface area contributed by atoms with Crippen LogP contribution in [0.2, 0.25) is 0 Å². The highest BCUT2D eigenvalue weighted by molar-refractivity contribution is 7.89. The van der Waals surface area contributed by atoms with Crippen molar-refractivity contribution >= 4 is 15.8 Å². The van der Waals surface area contributed by atoms with Gasteiger partial charge in [-0.3, -0.25) is 9.78 Å². The highest BCUT2D eigenvalue weighted by atomic mass is 32.2. The number of halogens is 5. The first-order valence-electron chi connectivity index (χ1n) is 13.0. The maximum atomic E-state index is 14.7. The average Bonchev–Trinajstić information content (AvgIpc) is 3.79. The summed E-state index contributed by atoms with van der Waals surface area (Å²) in [6, 6.07) is 5.15. The monoisotopic (exact) mass is 572 g/mol. The fraction of sp³-hybridized carbons (Fsp3) is 0.556. The van der Waals surface area contributed by atoms with Crippen molar-refractivity contribution in [2.75, 3.05) is 6.61 Å². The van der Waals surface area contributed by atoms with Crippen LogP contribution in [0.15, 0.2) is 41.3 Å². The normalized spacial score (nSPS) is 27.5. The van der Waals surface area contributed by atoms with Gasteiger partial charge in [0, 0.05) is 48.2 Å². The van der Waals surface area contributed by atoms with Gasteiger partial charge in [-0.05, 0) is 56.9 Å². The fourth-order valence-corrected chi connectivity index (χ4v) is 7.01. The Morgan fingerprint density at radius 2 is 1.82 bits per heavy atom. The minimum Gasteiger partial charge on any atom is -0.493 e. The van der Waals surface area contributed by atoms with Gasteiger partial charge in [0.15, 0.2) is 5.78 Å². The van der Waals surface area contributed by atoms with Gasteiger partial charge in [0.1, 0.15) is 17.7 Å². The van der Waals surface area contributed by atoms with Crippen LogP contribution in [-0.4, -0.2) is 54.5 Å². The van der Waals surface area contributed by atoms with Crippen LogP contribution in [0.1, 0.15) is 56.3 Å². The molecular formula is C27H29F5N2O4S. The van der Waals surface area contributed by atoms with Crippen molar-refractivity contribution in [3.8, 4) is 5.75 Å². The van der Waals surface area contributed by atoms with E-state index in [2.05, 4.69) is 4.98 Å². The molecule has 0 unspecified atom stereocenters. The van der Waals surface area contributed by atoms with Crippen molar-refractivity contribution in [2.24, 2.45) is 11.8 Å². The number of pyridine rings is 1. The summed E-state index contributed by atoms with van der Waals surface area (Å²) in [5.41, 5.74) is 1.25. The first-order valence-corrected chi connectivity index (χ1v) is 14.4. The van der Waals surface area contributed by atoms with Gasteiger partial charge < -0.3 is 4.74 Å². The topological polar surface area (TPSA) is 76.6 Å². The standard InChI is InChI=1S/C27H29F5N2O4S/c1-15-23(29)13-25(34(15)39(36,37)21-7-4-18(28)5-8-21)26(35)9-6-19-11-20(12-24(33-19)16-2-3-16)38-14-17-10-22(17)27(30,31)32/h4-5,7-8,11-12,15-17,22-23,25H,2-3,6,9-10,13-14H2,1H3/t15-,17-,22+,23+,25-/m0/s1. The number of hydrogen-bond donors (Lipinski definition) is 0. The number of carbonyl (C=O) groups excluding carboxylic acids is 1. The second-order valence-electron chi connectivity index (χ2n) is 10.7. The van der Waals surface area contributed by atoms with Crippen LogP contribution in [0.3, 0.4) is 0 Å². The van der Waals surface area contributed by atoms with Crippen molar-refractivity contribution in [3.63, 3.8) is 0 Å². The summed E-state index contributed by atoms with van der Waals surface area (Å²) >= 11 is 0. The molecule has 2 saturated carbocycles. The van der Waals surface area contributed by atoms with E-state index in [1.807, 2.05) is 0 Å². The number of nitrogens with zero attached hydrogens (tertiary/aromatic N) is 2. The van der Waals surface area contributed by atoms with Crippen molar-refractivity contribution in [1.82, 2.24) is 9.29 Å². The molecule has 6 nitrogen and oxygen atoms in total. The molecule has 0 amide bonds. The predicted molar refractivity (Wildman–Crippen MR) is 131 cm³/mol. The summed E-state index contributed by atoms with van der Waals surface area (Å²) < 4.78 is 99.7. The molecule has 5 atom stereocenters. The minimum atomic E-state index is -4.27. The van der Waals surface area contributed by atoms with E-state index in [1.54, 1.807) is 12.1 Å². The number of ether oxygens (including phenoxy) is 1. The summed E-state index contributed by atoms with van der Waals surface area (Å²) in [6.07, 6.45) is -4.14. The van der Waals surface area contributed by atoms with Crippen molar-refractivity contribution in [2.45, 2.75) is 80.7 Å². The molecule has 2 heterocycles. The molecule has 2 aromatic rings. The lowest BCUT2D eigenvalue weighted by molar-refractivity contribution is -0.151. The quantitative estimate of drug-likeness (QED) is 0.358. The van der Waals surface area contributed by atoms with Crippen LogP contribution in [0.25, 0.3) is 0 Å². The zero-order valence-corrected chi connectivity index (χ0v) is 22.0. The number of Topliss-reactive ketones (excluding diaryl/α,β-unsaturated/α-hetero) is 1. The molecule has 3 aliphatic rings. The molecule has 3 fully saturated rings. The molecule has 1 aromatic heterocycles. The molecule has 1 saturated heterocycles. The largest absolute Gasteiger partial charge is 0.493 e. The fourth-order valence-electron chi connectivity index (χ4n) is 5.18. The summed E-state index contributed by atoms with van der Waals surface area (Å²) in [5.74, 6) is -2.41. The lowest BCUT2D eigenvalue weighted by Crippen LogP contribution is -2.44. The third-order valence-electron chi connectivity index (χ3n) is 7.74. The van der Waals surface area contributed by atoms with E-state index >= 15 is 0 Å². The molecule has 0 spiro atoms. The highest BCUT2D eigenvalue weighted by Gasteiger charge is 2.56. The minimum absolute atomic E-state index is 0.0398. The van der Waals surface area contributed by atoms with Gasteiger partial charge in [-0.2, -0.15) is 17.5 Å². The molecule has 0 N–H and O–H groups in total. The van der Waals surface area contributed by atoms with Crippen molar-refractivity contribution in [3.05, 3.63) is 53.6 Å². The number of carbonyl (C=O) groups is 1. The zero-order valence-electron chi connectivity index (χ0n) is 21.2. The van der Waals surface area contributed by atoms with Crippen molar-refractivity contribution in [1.29, 1.82) is 0 Å². The second kappa shape index (κ2) is 10.4. The molecule has 212 valence electrons.